The van der Waals surface area contributed by atoms with Gasteiger partial charge >= 0.3 is 6.09 Å². The van der Waals surface area contributed by atoms with Crippen molar-refractivity contribution in [3.63, 3.8) is 0 Å². The van der Waals surface area contributed by atoms with Crippen LogP contribution in [0, 0.1) is 0 Å². The molecule has 0 unspecified atom stereocenters. The summed E-state index contributed by atoms with van der Waals surface area (Å²) in [6.07, 6.45) is 2.29. The molecule has 7 heteroatoms. The van der Waals surface area contributed by atoms with E-state index in [4.69, 9.17) is 4.74 Å². The zero-order valence-electron chi connectivity index (χ0n) is 17.2. The first kappa shape index (κ1) is 21.6. The fourth-order valence-electron chi connectivity index (χ4n) is 2.86. The van der Waals surface area contributed by atoms with Crippen LogP contribution < -0.4 is 16.0 Å². The van der Waals surface area contributed by atoms with Gasteiger partial charge in [-0.1, -0.05) is 30.3 Å². The summed E-state index contributed by atoms with van der Waals surface area (Å²) in [5.74, 6) is -0.220. The number of carbonyl (C=O) groups is 2. The fraction of sp³-hybridized carbons (Fsp3) is 0.524. The van der Waals surface area contributed by atoms with Crippen LogP contribution in [-0.2, 0) is 16.0 Å². The van der Waals surface area contributed by atoms with Crippen molar-refractivity contribution in [1.29, 1.82) is 0 Å². The van der Waals surface area contributed by atoms with Crippen molar-refractivity contribution in [1.82, 2.24) is 20.9 Å². The molecule has 1 aliphatic rings. The van der Waals surface area contributed by atoms with Crippen molar-refractivity contribution in [3.8, 4) is 0 Å². The SMILES string of the molecule is CC(C)OC(=O)N[C@H](CC1=CN(C(C)C)CN1)C(=O)NCCc1ccccc1. The number of carbonyl (C=O) groups excluding carboxylic acids is 2. The second-order valence-corrected chi connectivity index (χ2v) is 7.48. The van der Waals surface area contributed by atoms with Crippen molar-refractivity contribution < 1.29 is 14.3 Å². The minimum atomic E-state index is -0.701. The number of alkyl carbamates (subject to hydrolysis) is 1. The van der Waals surface area contributed by atoms with E-state index in [1.165, 1.54) is 0 Å². The second kappa shape index (κ2) is 10.6. The number of amides is 2. The molecule has 7 nitrogen and oxygen atoms in total. The largest absolute Gasteiger partial charge is 0.447 e. The summed E-state index contributed by atoms with van der Waals surface area (Å²) in [6.45, 7) is 8.96. The Morgan fingerprint density at radius 1 is 1.18 bits per heavy atom. The zero-order chi connectivity index (χ0) is 20.5. The summed E-state index contributed by atoms with van der Waals surface area (Å²) >= 11 is 0. The lowest BCUT2D eigenvalue weighted by Crippen LogP contribution is -2.48. The van der Waals surface area contributed by atoms with Crippen molar-refractivity contribution in [2.75, 3.05) is 13.2 Å². The number of hydrogen-bond acceptors (Lipinski definition) is 5. The number of ether oxygens (including phenoxy) is 1. The zero-order valence-corrected chi connectivity index (χ0v) is 17.2. The highest BCUT2D eigenvalue weighted by atomic mass is 16.6. The minimum absolute atomic E-state index is 0.220. The van der Waals surface area contributed by atoms with Crippen molar-refractivity contribution in [3.05, 3.63) is 47.8 Å². The van der Waals surface area contributed by atoms with Crippen molar-refractivity contribution in [2.45, 2.75) is 58.7 Å². The van der Waals surface area contributed by atoms with E-state index < -0.39 is 12.1 Å². The van der Waals surface area contributed by atoms with Crippen LogP contribution in [0.5, 0.6) is 0 Å². The first-order valence-corrected chi connectivity index (χ1v) is 9.84. The Hall–Kier alpha value is -2.70. The normalized spacial score (nSPS) is 14.5. The Morgan fingerprint density at radius 3 is 2.50 bits per heavy atom. The predicted molar refractivity (Wildman–Crippen MR) is 109 cm³/mol. The summed E-state index contributed by atoms with van der Waals surface area (Å²) in [7, 11) is 0. The van der Waals surface area contributed by atoms with Gasteiger partial charge in [-0.2, -0.15) is 0 Å². The van der Waals surface area contributed by atoms with Gasteiger partial charge in [0.2, 0.25) is 5.91 Å². The lowest BCUT2D eigenvalue weighted by molar-refractivity contribution is -0.123. The van der Waals surface area contributed by atoms with E-state index in [0.717, 1.165) is 17.7 Å². The topological polar surface area (TPSA) is 82.7 Å². The Kier molecular flexibility index (Phi) is 8.17. The molecule has 28 heavy (non-hydrogen) atoms. The quantitative estimate of drug-likeness (QED) is 0.605. The maximum Gasteiger partial charge on any atom is 0.408 e. The maximum absolute atomic E-state index is 12.7. The van der Waals surface area contributed by atoms with E-state index in [9.17, 15) is 9.59 Å². The van der Waals surface area contributed by atoms with Gasteiger partial charge in [0.15, 0.2) is 0 Å². The lowest BCUT2D eigenvalue weighted by Gasteiger charge is -2.19. The summed E-state index contributed by atoms with van der Waals surface area (Å²) in [4.78, 5) is 26.9. The third-order valence-electron chi connectivity index (χ3n) is 4.40. The molecule has 2 amide bonds. The molecule has 3 N–H and O–H groups in total. The second-order valence-electron chi connectivity index (χ2n) is 7.48. The van der Waals surface area contributed by atoms with Crippen LogP contribution in [0.3, 0.4) is 0 Å². The molecule has 0 saturated heterocycles. The maximum atomic E-state index is 12.7. The van der Waals surface area contributed by atoms with E-state index in [0.29, 0.717) is 25.7 Å². The standard InChI is InChI=1S/C21H32N4O3/c1-15(2)25-13-18(23-14-25)12-19(24-21(27)28-16(3)4)20(26)22-11-10-17-8-6-5-7-9-17/h5-9,13,15-16,19,23H,10-12,14H2,1-4H3,(H,22,26)(H,24,27)/t19-/m1/s1. The molecule has 2 rings (SSSR count). The molecule has 0 fully saturated rings. The first-order chi connectivity index (χ1) is 13.3. The summed E-state index contributed by atoms with van der Waals surface area (Å²) < 4.78 is 5.15. The van der Waals surface area contributed by atoms with Gasteiger partial charge < -0.3 is 25.6 Å². The monoisotopic (exact) mass is 388 g/mol. The molecule has 1 aliphatic heterocycles. The predicted octanol–water partition coefficient (Wildman–Crippen LogP) is 2.35. The molecule has 0 saturated carbocycles. The van der Waals surface area contributed by atoms with Crippen LogP contribution >= 0.6 is 0 Å². The Bertz CT molecular complexity index is 673. The van der Waals surface area contributed by atoms with Gasteiger partial charge in [-0.25, -0.2) is 4.79 Å². The molecule has 1 aromatic carbocycles. The molecule has 0 aromatic heterocycles. The van der Waals surface area contributed by atoms with Gasteiger partial charge in [0, 0.05) is 30.9 Å². The first-order valence-electron chi connectivity index (χ1n) is 9.84. The van der Waals surface area contributed by atoms with Crippen LogP contribution in [0.25, 0.3) is 0 Å². The molecule has 0 aliphatic carbocycles. The van der Waals surface area contributed by atoms with E-state index in [1.807, 2.05) is 36.5 Å². The molecule has 1 heterocycles. The highest BCUT2D eigenvalue weighted by Crippen LogP contribution is 2.13. The Morgan fingerprint density at radius 2 is 1.89 bits per heavy atom. The van der Waals surface area contributed by atoms with E-state index in [-0.39, 0.29) is 12.0 Å². The number of hydrogen-bond donors (Lipinski definition) is 3. The van der Waals surface area contributed by atoms with Crippen LogP contribution in [0.15, 0.2) is 42.2 Å². The Balaban J connectivity index is 1.95. The van der Waals surface area contributed by atoms with Crippen molar-refractivity contribution >= 4 is 12.0 Å². The molecule has 0 radical (unpaired) electrons. The summed E-state index contributed by atoms with van der Waals surface area (Å²) in [5, 5.41) is 8.90. The van der Waals surface area contributed by atoms with Gasteiger partial charge in [0.1, 0.15) is 6.04 Å². The number of benzene rings is 1. The lowest BCUT2D eigenvalue weighted by atomic mass is 10.1. The molecular formula is C21H32N4O3. The molecule has 1 aromatic rings. The molecular weight excluding hydrogens is 356 g/mol. The fourth-order valence-corrected chi connectivity index (χ4v) is 2.86. The Labute approximate surface area is 167 Å². The summed E-state index contributed by atoms with van der Waals surface area (Å²) in [5.41, 5.74) is 2.07. The highest BCUT2D eigenvalue weighted by Gasteiger charge is 2.25. The number of nitrogens with zero attached hydrogens (tertiary/aromatic N) is 1. The van der Waals surface area contributed by atoms with Gasteiger partial charge in [-0.15, -0.1) is 0 Å². The number of nitrogens with one attached hydrogen (secondary N) is 3. The van der Waals surface area contributed by atoms with Crippen molar-refractivity contribution in [2.24, 2.45) is 0 Å². The molecule has 154 valence electrons. The number of rotatable bonds is 9. The van der Waals surface area contributed by atoms with Gasteiger partial charge in [0.25, 0.3) is 0 Å². The molecule has 0 spiro atoms. The molecule has 0 bridgehead atoms. The average molecular weight is 389 g/mol. The average Bonchev–Trinajstić information content (AvgIpc) is 3.10. The van der Waals surface area contributed by atoms with Crippen LogP contribution in [0.2, 0.25) is 0 Å². The highest BCUT2D eigenvalue weighted by molar-refractivity contribution is 5.85. The van der Waals surface area contributed by atoms with Gasteiger partial charge in [-0.05, 0) is 39.7 Å². The third-order valence-corrected chi connectivity index (χ3v) is 4.40. The minimum Gasteiger partial charge on any atom is -0.447 e. The van der Waals surface area contributed by atoms with Gasteiger partial charge in [0.05, 0.1) is 12.8 Å². The smallest absolute Gasteiger partial charge is 0.408 e. The van der Waals surface area contributed by atoms with E-state index in [2.05, 4.69) is 34.7 Å². The van der Waals surface area contributed by atoms with Crippen LogP contribution in [0.4, 0.5) is 4.79 Å². The van der Waals surface area contributed by atoms with E-state index >= 15 is 0 Å². The van der Waals surface area contributed by atoms with E-state index in [1.54, 1.807) is 13.8 Å². The van der Waals surface area contributed by atoms with Gasteiger partial charge in [-0.3, -0.25) is 4.79 Å². The van der Waals surface area contributed by atoms with Crippen LogP contribution in [0.1, 0.15) is 39.7 Å². The summed E-state index contributed by atoms with van der Waals surface area (Å²) in [6, 6.07) is 9.62. The molecule has 1 atom stereocenters. The third kappa shape index (κ3) is 7.13. The van der Waals surface area contributed by atoms with Crippen LogP contribution in [-0.4, -0.2) is 48.3 Å².